The predicted molar refractivity (Wildman–Crippen MR) is 187 cm³/mol. The summed E-state index contributed by atoms with van der Waals surface area (Å²) in [6.07, 6.45) is 4.13. The molecule has 14 heteroatoms. The molecule has 262 valence electrons. The van der Waals surface area contributed by atoms with Crippen molar-refractivity contribution in [2.45, 2.75) is 57.5 Å². The van der Waals surface area contributed by atoms with E-state index < -0.39 is 6.61 Å². The molecule has 2 amide bonds. The summed E-state index contributed by atoms with van der Waals surface area (Å²) in [6.45, 7) is -1.12. The van der Waals surface area contributed by atoms with Gasteiger partial charge in [0.15, 0.2) is 0 Å². The molecular formula is C36H36Cl2F2N6O4. The molecule has 0 saturated carbocycles. The molecular weight excluding hydrogens is 689 g/mol. The Bertz CT molecular complexity index is 1880. The van der Waals surface area contributed by atoms with E-state index in [9.17, 15) is 18.4 Å². The first kappa shape index (κ1) is 35.5. The van der Waals surface area contributed by atoms with E-state index in [4.69, 9.17) is 37.7 Å². The van der Waals surface area contributed by atoms with Crippen LogP contribution in [0, 0.1) is 0 Å². The fourth-order valence-corrected chi connectivity index (χ4v) is 6.85. The van der Waals surface area contributed by atoms with Crippen LogP contribution in [-0.2, 0) is 22.7 Å². The third kappa shape index (κ3) is 8.32. The zero-order chi connectivity index (χ0) is 35.2. The van der Waals surface area contributed by atoms with Crippen LogP contribution in [0.15, 0.2) is 60.8 Å². The zero-order valence-electron chi connectivity index (χ0n) is 27.2. The fraction of sp³-hybridized carbons (Fsp3) is 0.333. The first-order chi connectivity index (χ1) is 24.2. The van der Waals surface area contributed by atoms with E-state index in [0.29, 0.717) is 82.6 Å². The van der Waals surface area contributed by atoms with E-state index in [2.05, 4.69) is 26.3 Å². The maximum absolute atomic E-state index is 13.5. The van der Waals surface area contributed by atoms with Crippen LogP contribution in [0.3, 0.4) is 0 Å². The van der Waals surface area contributed by atoms with Crippen LogP contribution < -0.4 is 30.7 Å². The molecule has 2 aromatic heterocycles. The van der Waals surface area contributed by atoms with Gasteiger partial charge in [-0.3, -0.25) is 14.6 Å². The van der Waals surface area contributed by atoms with Crippen molar-refractivity contribution in [2.75, 3.05) is 20.2 Å². The number of methoxy groups -OCH3 is 1. The summed E-state index contributed by atoms with van der Waals surface area (Å²) in [7, 11) is 1.56. The van der Waals surface area contributed by atoms with Crippen molar-refractivity contribution in [1.29, 1.82) is 0 Å². The smallest absolute Gasteiger partial charge is 0.387 e. The van der Waals surface area contributed by atoms with Crippen LogP contribution >= 0.6 is 23.2 Å². The summed E-state index contributed by atoms with van der Waals surface area (Å²) >= 11 is 14.0. The highest BCUT2D eigenvalue weighted by atomic mass is 35.5. The summed E-state index contributed by atoms with van der Waals surface area (Å²) in [6, 6.07) is 16.1. The lowest BCUT2D eigenvalue weighted by Gasteiger charge is -2.17. The van der Waals surface area contributed by atoms with E-state index in [1.807, 2.05) is 30.3 Å². The van der Waals surface area contributed by atoms with Gasteiger partial charge >= 0.3 is 6.61 Å². The second-order valence-electron chi connectivity index (χ2n) is 12.1. The van der Waals surface area contributed by atoms with Gasteiger partial charge in [0, 0.05) is 90.7 Å². The highest BCUT2D eigenvalue weighted by molar-refractivity contribution is 6.39. The molecule has 2 fully saturated rings. The van der Waals surface area contributed by atoms with Gasteiger partial charge in [-0.1, -0.05) is 59.6 Å². The molecule has 0 spiro atoms. The number of hydrogen-bond donors (Lipinski definition) is 4. The number of carbonyl (C=O) groups excluding carboxylic acids is 2. The Hall–Kier alpha value is -4.36. The molecule has 0 unspecified atom stereocenters. The lowest BCUT2D eigenvalue weighted by Crippen LogP contribution is -2.35. The van der Waals surface area contributed by atoms with Crippen LogP contribution in [0.2, 0.25) is 10.0 Å². The molecule has 2 aromatic carbocycles. The van der Waals surface area contributed by atoms with Gasteiger partial charge in [-0.25, -0.2) is 4.98 Å². The minimum Gasteiger partial charge on any atom is -0.481 e. The summed E-state index contributed by atoms with van der Waals surface area (Å²) in [5.41, 5.74) is 4.71. The number of nitrogens with zero attached hydrogens (tertiary/aromatic N) is 2. The molecule has 4 aromatic rings. The number of amides is 2. The van der Waals surface area contributed by atoms with Gasteiger partial charge in [0.2, 0.25) is 17.7 Å². The lowest BCUT2D eigenvalue weighted by molar-refractivity contribution is -0.120. The highest BCUT2D eigenvalue weighted by Gasteiger charge is 2.23. The van der Waals surface area contributed by atoms with Crippen LogP contribution in [0.25, 0.3) is 33.6 Å². The molecule has 2 aliphatic rings. The van der Waals surface area contributed by atoms with Gasteiger partial charge in [0.25, 0.3) is 0 Å². The molecule has 4 N–H and O–H groups in total. The second kappa shape index (κ2) is 16.1. The quantitative estimate of drug-likeness (QED) is 0.122. The standard InChI is InChI=1S/C36H36Cl2F2N6O4/c1-49-35-22(17-42-19-24-9-12-31(48)45-24)7-10-28(46-35)27-4-2-3-25(32(27)37)26-13-14-43-34(33(26)38)20-5-6-21(29(15-20)50-36(39)40)16-41-18-23-8-11-30(47)44-23/h2-7,10,13-15,23-24,36,41-42H,8-9,11-12,16-19H2,1H3,(H,44,47)(H,45,48)/t23-,24-/m1/s1. The first-order valence-corrected chi connectivity index (χ1v) is 17.0. The normalized spacial score (nSPS) is 17.2. The predicted octanol–water partition coefficient (Wildman–Crippen LogP) is 6.13. The minimum atomic E-state index is -3.03. The molecule has 6 rings (SSSR count). The zero-order valence-corrected chi connectivity index (χ0v) is 28.7. The van der Waals surface area contributed by atoms with Crippen LogP contribution in [0.1, 0.15) is 36.8 Å². The summed E-state index contributed by atoms with van der Waals surface area (Å²) < 4.78 is 37.4. The van der Waals surface area contributed by atoms with Crippen molar-refractivity contribution in [2.24, 2.45) is 0 Å². The first-order valence-electron chi connectivity index (χ1n) is 16.3. The van der Waals surface area contributed by atoms with Gasteiger partial charge in [-0.2, -0.15) is 8.78 Å². The number of halogens is 4. The maximum Gasteiger partial charge on any atom is 0.387 e. The van der Waals surface area contributed by atoms with Crippen molar-refractivity contribution in [1.82, 2.24) is 31.2 Å². The third-order valence-electron chi connectivity index (χ3n) is 8.73. The maximum atomic E-state index is 13.5. The van der Waals surface area contributed by atoms with Gasteiger partial charge in [0.05, 0.1) is 28.5 Å². The van der Waals surface area contributed by atoms with Crippen molar-refractivity contribution < 1.29 is 27.8 Å². The molecule has 4 heterocycles. The highest BCUT2D eigenvalue weighted by Crippen LogP contribution is 2.42. The van der Waals surface area contributed by atoms with Crippen molar-refractivity contribution in [3.05, 3.63) is 82.0 Å². The Balaban J connectivity index is 1.22. The number of pyridine rings is 2. The van der Waals surface area contributed by atoms with E-state index in [0.717, 1.165) is 18.4 Å². The number of ether oxygens (including phenoxy) is 2. The molecule has 2 aliphatic heterocycles. The number of alkyl halides is 2. The monoisotopic (exact) mass is 724 g/mol. The number of nitrogens with one attached hydrogen (secondary N) is 4. The molecule has 2 saturated heterocycles. The molecule has 50 heavy (non-hydrogen) atoms. The SMILES string of the molecule is COc1nc(-c2cccc(-c3ccnc(-c4ccc(CNC[C@H]5CCC(=O)N5)c(OC(F)F)c4)c3Cl)c2Cl)ccc1CNC[C@H]1CCC(=O)N1. The Labute approximate surface area is 298 Å². The number of rotatable bonds is 14. The number of carbonyl (C=O) groups is 2. The minimum absolute atomic E-state index is 0.00406. The van der Waals surface area contributed by atoms with Crippen LogP contribution in [0.4, 0.5) is 8.78 Å². The van der Waals surface area contributed by atoms with Crippen molar-refractivity contribution in [3.8, 4) is 45.3 Å². The average molecular weight is 726 g/mol. The van der Waals surface area contributed by atoms with Gasteiger partial charge < -0.3 is 30.7 Å². The molecule has 2 atom stereocenters. The summed E-state index contributed by atoms with van der Waals surface area (Å²) in [5, 5.41) is 13.1. The lowest BCUT2D eigenvalue weighted by atomic mass is 9.99. The molecule has 0 radical (unpaired) electrons. The number of aromatic nitrogens is 2. The van der Waals surface area contributed by atoms with E-state index in [1.165, 1.54) is 6.07 Å². The van der Waals surface area contributed by atoms with Crippen LogP contribution in [-0.4, -0.2) is 60.7 Å². The Kier molecular flexibility index (Phi) is 11.4. The van der Waals surface area contributed by atoms with E-state index >= 15 is 0 Å². The fourth-order valence-electron chi connectivity index (χ4n) is 6.20. The third-order valence-corrected chi connectivity index (χ3v) is 9.52. The number of benzene rings is 2. The largest absolute Gasteiger partial charge is 0.481 e. The molecule has 10 nitrogen and oxygen atoms in total. The van der Waals surface area contributed by atoms with Crippen LogP contribution in [0.5, 0.6) is 11.6 Å². The second-order valence-corrected chi connectivity index (χ2v) is 12.9. The van der Waals surface area contributed by atoms with Crippen molar-refractivity contribution in [3.63, 3.8) is 0 Å². The number of hydrogen-bond acceptors (Lipinski definition) is 8. The Morgan fingerprint density at radius 1 is 0.860 bits per heavy atom. The Morgan fingerprint density at radius 2 is 1.50 bits per heavy atom. The van der Waals surface area contributed by atoms with E-state index in [-0.39, 0.29) is 41.2 Å². The summed E-state index contributed by atoms with van der Waals surface area (Å²) in [4.78, 5) is 32.2. The average Bonchev–Trinajstić information content (AvgIpc) is 3.72. The topological polar surface area (TPSA) is 127 Å². The molecule has 0 bridgehead atoms. The summed E-state index contributed by atoms with van der Waals surface area (Å²) in [5.74, 6) is 0.518. The molecule has 0 aliphatic carbocycles. The van der Waals surface area contributed by atoms with Gasteiger partial charge in [0.1, 0.15) is 5.75 Å². The Morgan fingerprint density at radius 3 is 2.14 bits per heavy atom. The van der Waals surface area contributed by atoms with Gasteiger partial charge in [-0.15, -0.1) is 0 Å². The van der Waals surface area contributed by atoms with Crippen molar-refractivity contribution >= 4 is 35.0 Å². The van der Waals surface area contributed by atoms with Gasteiger partial charge in [-0.05, 0) is 31.0 Å². The van der Waals surface area contributed by atoms with E-state index in [1.54, 1.807) is 31.5 Å².